The van der Waals surface area contributed by atoms with Crippen molar-refractivity contribution in [1.82, 2.24) is 10.2 Å². The molecule has 1 saturated carbocycles. The van der Waals surface area contributed by atoms with E-state index in [-0.39, 0.29) is 30.5 Å². The fraction of sp³-hybridized carbons (Fsp3) is 0.632. The van der Waals surface area contributed by atoms with E-state index in [9.17, 15) is 13.6 Å². The topological polar surface area (TPSA) is 32.3 Å². The summed E-state index contributed by atoms with van der Waals surface area (Å²) in [6, 6.07) is 5.19. The van der Waals surface area contributed by atoms with Crippen molar-refractivity contribution in [3.05, 3.63) is 35.1 Å². The second-order valence-corrected chi connectivity index (χ2v) is 7.23. The molecule has 1 aromatic rings. The highest BCUT2D eigenvalue weighted by Gasteiger charge is 2.49. The molecule has 1 saturated heterocycles. The fourth-order valence-electron chi connectivity index (χ4n) is 3.86. The highest BCUT2D eigenvalue weighted by molar-refractivity contribution is 5.80. The first kappa shape index (κ1) is 17.3. The molecule has 2 fully saturated rings. The number of rotatable bonds is 5. The van der Waals surface area contributed by atoms with Gasteiger partial charge in [0.25, 0.3) is 0 Å². The Morgan fingerprint density at radius 3 is 2.75 bits per heavy atom. The predicted molar refractivity (Wildman–Crippen MR) is 89.7 cm³/mol. The van der Waals surface area contributed by atoms with Crippen LogP contribution in [0.4, 0.5) is 8.78 Å². The lowest BCUT2D eigenvalue weighted by molar-refractivity contribution is -0.134. The molecule has 1 N–H and O–H groups in total. The SMILES string of the molecule is CCNC(=O)[C@H]1C[C@](F)(c2ccc(CN3CCC[C@H]3C)c(F)c2)C1. The van der Waals surface area contributed by atoms with Gasteiger partial charge in [0.15, 0.2) is 0 Å². The first-order valence-electron chi connectivity index (χ1n) is 8.92. The van der Waals surface area contributed by atoms with Gasteiger partial charge in [0.2, 0.25) is 5.91 Å². The summed E-state index contributed by atoms with van der Waals surface area (Å²) in [5, 5.41) is 2.72. The molecule has 3 rings (SSSR count). The lowest BCUT2D eigenvalue weighted by atomic mass is 9.68. The van der Waals surface area contributed by atoms with E-state index in [4.69, 9.17) is 0 Å². The molecule has 0 aromatic heterocycles. The number of alkyl halides is 1. The number of benzene rings is 1. The van der Waals surface area contributed by atoms with Gasteiger partial charge in [-0.05, 0) is 57.7 Å². The molecule has 3 nitrogen and oxygen atoms in total. The zero-order valence-corrected chi connectivity index (χ0v) is 14.4. The van der Waals surface area contributed by atoms with E-state index in [1.165, 1.54) is 6.07 Å². The van der Waals surface area contributed by atoms with Crippen molar-refractivity contribution in [1.29, 1.82) is 0 Å². The van der Waals surface area contributed by atoms with Crippen LogP contribution < -0.4 is 5.32 Å². The Labute approximate surface area is 142 Å². The molecule has 1 atom stereocenters. The highest BCUT2D eigenvalue weighted by atomic mass is 19.1. The standard InChI is InChI=1S/C19H26F2N2O/c1-3-22-18(24)15-10-19(21,11-15)16-7-6-14(17(20)9-16)12-23-8-4-5-13(23)2/h6-7,9,13,15H,3-5,8,10-12H2,1-2H3,(H,22,24)/t13-,15-,19+/m1/s1. The number of amides is 1. The first-order chi connectivity index (χ1) is 11.4. The Morgan fingerprint density at radius 2 is 2.17 bits per heavy atom. The van der Waals surface area contributed by atoms with Gasteiger partial charge in [0, 0.05) is 30.6 Å². The molecule has 0 radical (unpaired) electrons. The van der Waals surface area contributed by atoms with Crippen molar-refractivity contribution in [2.45, 2.75) is 57.8 Å². The highest BCUT2D eigenvalue weighted by Crippen LogP contribution is 2.49. The van der Waals surface area contributed by atoms with Crippen LogP contribution in [0, 0.1) is 11.7 Å². The van der Waals surface area contributed by atoms with Gasteiger partial charge in [-0.2, -0.15) is 0 Å². The van der Waals surface area contributed by atoms with Crippen LogP contribution in [0.2, 0.25) is 0 Å². The molecule has 1 amide bonds. The summed E-state index contributed by atoms with van der Waals surface area (Å²) in [6.07, 6.45) is 2.58. The lowest BCUT2D eigenvalue weighted by Gasteiger charge is -2.40. The van der Waals surface area contributed by atoms with Crippen LogP contribution in [0.15, 0.2) is 18.2 Å². The summed E-state index contributed by atoms with van der Waals surface area (Å²) in [4.78, 5) is 14.0. The average molecular weight is 336 g/mol. The van der Waals surface area contributed by atoms with Crippen molar-refractivity contribution in [3.8, 4) is 0 Å². The molecule has 0 spiro atoms. The molecule has 0 unspecified atom stereocenters. The van der Waals surface area contributed by atoms with Gasteiger partial charge < -0.3 is 5.32 Å². The van der Waals surface area contributed by atoms with Crippen LogP contribution in [0.1, 0.15) is 50.7 Å². The molecule has 1 aromatic carbocycles. The first-order valence-corrected chi connectivity index (χ1v) is 8.92. The van der Waals surface area contributed by atoms with Gasteiger partial charge in [-0.25, -0.2) is 8.78 Å². The molecule has 1 heterocycles. The van der Waals surface area contributed by atoms with E-state index in [0.29, 0.717) is 30.3 Å². The quantitative estimate of drug-likeness (QED) is 0.892. The van der Waals surface area contributed by atoms with E-state index in [1.807, 2.05) is 6.92 Å². The third kappa shape index (κ3) is 3.32. The molecule has 2 aliphatic rings. The molecule has 0 bridgehead atoms. The smallest absolute Gasteiger partial charge is 0.223 e. The molecule has 24 heavy (non-hydrogen) atoms. The second kappa shape index (κ2) is 6.79. The van der Waals surface area contributed by atoms with Crippen molar-refractivity contribution in [2.24, 2.45) is 5.92 Å². The third-order valence-corrected chi connectivity index (χ3v) is 5.50. The average Bonchev–Trinajstić information content (AvgIpc) is 2.91. The fourth-order valence-corrected chi connectivity index (χ4v) is 3.86. The van der Waals surface area contributed by atoms with Gasteiger partial charge in [-0.15, -0.1) is 0 Å². The van der Waals surface area contributed by atoms with Crippen LogP contribution in [-0.2, 0) is 17.0 Å². The van der Waals surface area contributed by atoms with Crippen LogP contribution in [0.3, 0.4) is 0 Å². The maximum atomic E-state index is 14.9. The van der Waals surface area contributed by atoms with Gasteiger partial charge in [0.05, 0.1) is 0 Å². The van der Waals surface area contributed by atoms with Gasteiger partial charge >= 0.3 is 0 Å². The van der Waals surface area contributed by atoms with Crippen LogP contribution >= 0.6 is 0 Å². The Morgan fingerprint density at radius 1 is 1.42 bits per heavy atom. The van der Waals surface area contributed by atoms with E-state index < -0.39 is 5.67 Å². The minimum absolute atomic E-state index is 0.106. The monoisotopic (exact) mass is 336 g/mol. The normalized spacial score (nSPS) is 30.2. The van der Waals surface area contributed by atoms with Gasteiger partial charge in [-0.3, -0.25) is 9.69 Å². The van der Waals surface area contributed by atoms with E-state index >= 15 is 0 Å². The van der Waals surface area contributed by atoms with E-state index in [0.717, 1.165) is 19.4 Å². The molecular weight excluding hydrogens is 310 g/mol. The largest absolute Gasteiger partial charge is 0.356 e. The number of carbonyl (C=O) groups is 1. The zero-order chi connectivity index (χ0) is 17.3. The molecule has 1 aliphatic carbocycles. The van der Waals surface area contributed by atoms with Crippen molar-refractivity contribution >= 4 is 5.91 Å². The molecule has 1 aliphatic heterocycles. The summed E-state index contributed by atoms with van der Waals surface area (Å²) >= 11 is 0. The van der Waals surface area contributed by atoms with Crippen molar-refractivity contribution in [2.75, 3.05) is 13.1 Å². The van der Waals surface area contributed by atoms with Crippen molar-refractivity contribution in [3.63, 3.8) is 0 Å². The zero-order valence-electron chi connectivity index (χ0n) is 14.4. The van der Waals surface area contributed by atoms with E-state index in [2.05, 4.69) is 17.1 Å². The maximum Gasteiger partial charge on any atom is 0.223 e. The summed E-state index contributed by atoms with van der Waals surface area (Å²) in [6.45, 7) is 6.12. The summed E-state index contributed by atoms with van der Waals surface area (Å²) in [7, 11) is 0. The number of hydrogen-bond acceptors (Lipinski definition) is 2. The lowest BCUT2D eigenvalue weighted by Crippen LogP contribution is -2.45. The number of likely N-dealkylation sites (tertiary alicyclic amines) is 1. The number of carbonyl (C=O) groups excluding carboxylic acids is 1. The second-order valence-electron chi connectivity index (χ2n) is 7.23. The summed E-state index contributed by atoms with van der Waals surface area (Å²) < 4.78 is 29.3. The van der Waals surface area contributed by atoms with Crippen LogP contribution in [-0.4, -0.2) is 29.9 Å². The van der Waals surface area contributed by atoms with Gasteiger partial charge in [0.1, 0.15) is 11.5 Å². The Hall–Kier alpha value is -1.49. The Balaban J connectivity index is 1.66. The number of nitrogens with one attached hydrogen (secondary N) is 1. The third-order valence-electron chi connectivity index (χ3n) is 5.50. The van der Waals surface area contributed by atoms with Crippen LogP contribution in [0.5, 0.6) is 0 Å². The molecular formula is C19H26F2N2O. The number of halogens is 2. The Bertz CT molecular complexity index is 613. The van der Waals surface area contributed by atoms with Crippen molar-refractivity contribution < 1.29 is 13.6 Å². The summed E-state index contributed by atoms with van der Waals surface area (Å²) in [5.41, 5.74) is -0.592. The number of hydrogen-bond donors (Lipinski definition) is 1. The minimum atomic E-state index is -1.57. The Kier molecular flexibility index (Phi) is 4.90. The van der Waals surface area contributed by atoms with Crippen LogP contribution in [0.25, 0.3) is 0 Å². The predicted octanol–water partition coefficient (Wildman–Crippen LogP) is 3.52. The molecule has 5 heteroatoms. The number of nitrogens with zero attached hydrogens (tertiary/aromatic N) is 1. The minimum Gasteiger partial charge on any atom is -0.356 e. The van der Waals surface area contributed by atoms with Gasteiger partial charge in [-0.1, -0.05) is 12.1 Å². The van der Waals surface area contributed by atoms with E-state index in [1.54, 1.807) is 12.1 Å². The summed E-state index contributed by atoms with van der Waals surface area (Å²) in [5.74, 6) is -0.751. The maximum absolute atomic E-state index is 14.9. The molecule has 132 valence electrons.